The summed E-state index contributed by atoms with van der Waals surface area (Å²) in [6.07, 6.45) is 5.88. The fourth-order valence-electron chi connectivity index (χ4n) is 6.61. The fraction of sp³-hybridized carbons (Fsp3) is 0.759. The number of nitriles is 1. The van der Waals surface area contributed by atoms with Gasteiger partial charge in [0.2, 0.25) is 17.7 Å². The number of rotatable bonds is 7. The molecule has 39 heavy (non-hydrogen) atoms. The van der Waals surface area contributed by atoms with Gasteiger partial charge < -0.3 is 20.9 Å². The van der Waals surface area contributed by atoms with Gasteiger partial charge >= 0.3 is 0 Å². The van der Waals surface area contributed by atoms with E-state index in [9.17, 15) is 28.8 Å². The van der Waals surface area contributed by atoms with Gasteiger partial charge in [-0.3, -0.25) is 19.2 Å². The van der Waals surface area contributed by atoms with E-state index in [1.807, 2.05) is 27.7 Å². The van der Waals surface area contributed by atoms with Crippen molar-refractivity contribution in [3.8, 4) is 6.07 Å². The molecule has 0 bridgehead atoms. The van der Waals surface area contributed by atoms with E-state index in [1.54, 1.807) is 4.90 Å². The molecule has 2 aliphatic heterocycles. The summed E-state index contributed by atoms with van der Waals surface area (Å²) in [6.45, 7) is 10.4. The smallest absolute Gasteiger partial charge is 0.258 e. The van der Waals surface area contributed by atoms with Crippen LogP contribution >= 0.6 is 0 Å². The highest BCUT2D eigenvalue weighted by molar-refractivity contribution is 5.95. The van der Waals surface area contributed by atoms with Crippen LogP contribution in [0.5, 0.6) is 0 Å². The molecule has 9 nitrogen and oxygen atoms in total. The van der Waals surface area contributed by atoms with Gasteiger partial charge in [0.05, 0.1) is 6.07 Å². The third-order valence-corrected chi connectivity index (χ3v) is 9.25. The number of nitrogens with zero attached hydrogens (tertiary/aromatic N) is 2. The van der Waals surface area contributed by atoms with Gasteiger partial charge in [-0.05, 0) is 61.2 Å². The van der Waals surface area contributed by atoms with Gasteiger partial charge in [0.1, 0.15) is 18.1 Å². The molecule has 4 amide bonds. The molecule has 0 aromatic rings. The van der Waals surface area contributed by atoms with E-state index in [2.05, 4.69) is 41.1 Å². The zero-order chi connectivity index (χ0) is 28.7. The van der Waals surface area contributed by atoms with Crippen molar-refractivity contribution >= 4 is 23.6 Å². The number of hydrogen-bond acceptors (Lipinski definition) is 5. The Balaban J connectivity index is 1.60. The first kappa shape index (κ1) is 29.0. The highest BCUT2D eigenvalue weighted by atomic mass is 19.1. The van der Waals surface area contributed by atoms with Crippen LogP contribution in [0.2, 0.25) is 0 Å². The van der Waals surface area contributed by atoms with Crippen LogP contribution < -0.4 is 16.0 Å². The van der Waals surface area contributed by atoms with Crippen molar-refractivity contribution in [2.75, 3.05) is 13.1 Å². The second kappa shape index (κ2) is 10.9. The maximum Gasteiger partial charge on any atom is 0.258 e. The predicted octanol–water partition coefficient (Wildman–Crippen LogP) is 2.23. The molecular formula is C29H42FN5O4. The van der Waals surface area contributed by atoms with Gasteiger partial charge in [0, 0.05) is 19.0 Å². The summed E-state index contributed by atoms with van der Waals surface area (Å²) in [4.78, 5) is 54.5. The van der Waals surface area contributed by atoms with Crippen molar-refractivity contribution in [3.63, 3.8) is 0 Å². The van der Waals surface area contributed by atoms with Crippen LogP contribution in [0, 0.1) is 46.3 Å². The van der Waals surface area contributed by atoms with Crippen molar-refractivity contribution in [2.24, 2.45) is 35.0 Å². The lowest BCUT2D eigenvalue weighted by atomic mass is 9.71. The van der Waals surface area contributed by atoms with Crippen LogP contribution in [-0.2, 0) is 19.2 Å². The van der Waals surface area contributed by atoms with Crippen LogP contribution in [0.1, 0.15) is 66.7 Å². The molecule has 2 heterocycles. The topological polar surface area (TPSA) is 131 Å². The van der Waals surface area contributed by atoms with Gasteiger partial charge in [-0.2, -0.15) is 5.26 Å². The number of carbonyl (C=O) groups is 4. The van der Waals surface area contributed by atoms with Gasteiger partial charge in [-0.25, -0.2) is 4.39 Å². The van der Waals surface area contributed by atoms with Crippen molar-refractivity contribution in [2.45, 2.75) is 90.5 Å². The molecule has 2 saturated heterocycles. The highest BCUT2D eigenvalue weighted by Crippen LogP contribution is 2.45. The molecule has 2 aliphatic carbocycles. The molecule has 4 aliphatic rings. The highest BCUT2D eigenvalue weighted by Gasteiger charge is 2.54. The number of halogens is 1. The Labute approximate surface area is 230 Å². The molecule has 1 saturated carbocycles. The van der Waals surface area contributed by atoms with E-state index in [1.165, 1.54) is 0 Å². The summed E-state index contributed by atoms with van der Waals surface area (Å²) in [5.74, 6) is -2.13. The lowest BCUT2D eigenvalue weighted by Crippen LogP contribution is -2.62. The molecule has 4 rings (SSSR count). The summed E-state index contributed by atoms with van der Waals surface area (Å²) in [6, 6.07) is -0.648. The van der Waals surface area contributed by atoms with Crippen molar-refractivity contribution in [3.05, 3.63) is 12.2 Å². The predicted molar refractivity (Wildman–Crippen MR) is 142 cm³/mol. The zero-order valence-corrected chi connectivity index (χ0v) is 23.6. The van der Waals surface area contributed by atoms with Gasteiger partial charge in [-0.15, -0.1) is 0 Å². The SMILES string of the molecule is C[C@@H]1C=C[C@H](C)[C@H]2CN(C(=O)[C@@H](NC(=O)C3(F)CCC3)C(C)(C)C)[C@H](C(=O)N[C@H](C#N)C[C@@H]3CCNC3=O)[C@H]21. The molecular weight excluding hydrogens is 501 g/mol. The molecule has 3 fully saturated rings. The second-order valence-corrected chi connectivity index (χ2v) is 13.1. The summed E-state index contributed by atoms with van der Waals surface area (Å²) in [5, 5.41) is 18.1. The normalized spacial score (nSPS) is 32.7. The minimum absolute atomic E-state index is 0.00709. The van der Waals surface area contributed by atoms with E-state index < -0.39 is 46.9 Å². The number of fused-ring (bicyclic) bond motifs is 1. The van der Waals surface area contributed by atoms with E-state index in [4.69, 9.17) is 0 Å². The molecule has 0 unspecified atom stereocenters. The molecule has 8 atom stereocenters. The average molecular weight is 544 g/mol. The first-order chi connectivity index (χ1) is 18.3. The van der Waals surface area contributed by atoms with Crippen molar-refractivity contribution < 1.29 is 23.6 Å². The van der Waals surface area contributed by atoms with Gasteiger partial charge in [0.15, 0.2) is 5.67 Å². The van der Waals surface area contributed by atoms with Crippen LogP contribution in [0.25, 0.3) is 0 Å². The van der Waals surface area contributed by atoms with E-state index in [0.717, 1.165) is 0 Å². The van der Waals surface area contributed by atoms with Crippen LogP contribution in [0.15, 0.2) is 12.2 Å². The Kier molecular flexibility index (Phi) is 8.11. The lowest BCUT2D eigenvalue weighted by molar-refractivity contribution is -0.148. The minimum Gasteiger partial charge on any atom is -0.356 e. The second-order valence-electron chi connectivity index (χ2n) is 13.1. The third kappa shape index (κ3) is 5.68. The van der Waals surface area contributed by atoms with Crippen LogP contribution in [-0.4, -0.2) is 65.4 Å². The standard InChI is InChI=1S/C29H42FN5O4/c1-16-7-8-17(2)21-20(16)15-35(22(21)25(37)33-19(14-31)13-18-9-12-32-24(18)36)26(38)23(28(3,4)5)34-27(39)29(30)10-6-11-29/h7-8,16-23H,6,9-13,15H2,1-5H3,(H,32,36)(H,33,37)(H,34,39)/t16-,17+,18-,19-,20+,21-,22-,23+/m0/s1. The number of amides is 4. The number of allylic oxidation sites excluding steroid dienone is 2. The molecule has 0 radical (unpaired) electrons. The summed E-state index contributed by atoms with van der Waals surface area (Å²) in [5.41, 5.74) is -2.69. The maximum atomic E-state index is 14.9. The number of carbonyl (C=O) groups excluding carboxylic acids is 4. The van der Waals surface area contributed by atoms with E-state index in [0.29, 0.717) is 25.9 Å². The first-order valence-corrected chi connectivity index (χ1v) is 14.2. The Morgan fingerprint density at radius 3 is 2.41 bits per heavy atom. The van der Waals surface area contributed by atoms with E-state index in [-0.39, 0.29) is 54.8 Å². The Morgan fingerprint density at radius 1 is 1.21 bits per heavy atom. The Morgan fingerprint density at radius 2 is 1.87 bits per heavy atom. The molecule has 0 aromatic heterocycles. The summed E-state index contributed by atoms with van der Waals surface area (Å²) >= 11 is 0. The van der Waals surface area contributed by atoms with Crippen LogP contribution in [0.3, 0.4) is 0 Å². The van der Waals surface area contributed by atoms with Crippen molar-refractivity contribution in [1.82, 2.24) is 20.9 Å². The zero-order valence-electron chi connectivity index (χ0n) is 23.6. The van der Waals surface area contributed by atoms with Gasteiger partial charge in [-0.1, -0.05) is 46.8 Å². The Hall–Kier alpha value is -2.96. The lowest BCUT2D eigenvalue weighted by Gasteiger charge is -2.39. The first-order valence-electron chi connectivity index (χ1n) is 14.2. The molecule has 3 N–H and O–H groups in total. The largest absolute Gasteiger partial charge is 0.356 e. The van der Waals surface area contributed by atoms with Crippen molar-refractivity contribution in [1.29, 1.82) is 5.26 Å². The average Bonchev–Trinajstić information content (AvgIpc) is 3.46. The third-order valence-electron chi connectivity index (χ3n) is 9.25. The number of alkyl halides is 1. The number of nitrogens with one attached hydrogen (secondary N) is 3. The van der Waals surface area contributed by atoms with Crippen LogP contribution in [0.4, 0.5) is 4.39 Å². The van der Waals surface area contributed by atoms with E-state index >= 15 is 0 Å². The minimum atomic E-state index is -1.96. The molecule has 0 aromatic carbocycles. The molecule has 0 spiro atoms. The monoisotopic (exact) mass is 543 g/mol. The van der Waals surface area contributed by atoms with Gasteiger partial charge in [0.25, 0.3) is 5.91 Å². The molecule has 214 valence electrons. The summed E-state index contributed by atoms with van der Waals surface area (Å²) < 4.78 is 14.9. The molecule has 10 heteroatoms. The number of likely N-dealkylation sites (tertiary alicyclic amines) is 1. The fourth-order valence-corrected chi connectivity index (χ4v) is 6.61. The summed E-state index contributed by atoms with van der Waals surface area (Å²) in [7, 11) is 0. The Bertz CT molecular complexity index is 1070. The maximum absolute atomic E-state index is 14.9. The number of hydrogen-bond donors (Lipinski definition) is 3. The quantitative estimate of drug-likeness (QED) is 0.424.